The molecule has 0 fully saturated rings. The maximum Gasteiger partial charge on any atom is 0.271 e. The summed E-state index contributed by atoms with van der Waals surface area (Å²) in [4.78, 5) is 12.3. The van der Waals surface area contributed by atoms with Crippen LogP contribution in [-0.4, -0.2) is 16.7 Å². The Morgan fingerprint density at radius 2 is 1.67 bits per heavy atom. The lowest BCUT2D eigenvalue weighted by Crippen LogP contribution is -2.18. The van der Waals surface area contributed by atoms with E-state index in [-0.39, 0.29) is 5.91 Å². The number of hydrogen-bond donors (Lipinski definition) is 1. The zero-order valence-corrected chi connectivity index (χ0v) is 16.5. The SMILES string of the molecule is Cc1ccc(-n2c(C)cc(/C=N\NC(=O)c3ccccc3C)c2C)cc1C. The lowest BCUT2D eigenvalue weighted by Gasteiger charge is -2.11. The number of aryl methyl sites for hydroxylation is 4. The quantitative estimate of drug-likeness (QED) is 0.529. The first kappa shape index (κ1) is 18.6. The van der Waals surface area contributed by atoms with Gasteiger partial charge in [0.1, 0.15) is 0 Å². The molecule has 1 aromatic heterocycles. The summed E-state index contributed by atoms with van der Waals surface area (Å²) in [6, 6.07) is 16.0. The molecule has 27 heavy (non-hydrogen) atoms. The zero-order valence-electron chi connectivity index (χ0n) is 16.5. The highest BCUT2D eigenvalue weighted by Gasteiger charge is 2.11. The molecule has 0 aliphatic carbocycles. The molecule has 4 nitrogen and oxygen atoms in total. The van der Waals surface area contributed by atoms with Crippen LogP contribution in [0.25, 0.3) is 5.69 Å². The van der Waals surface area contributed by atoms with Gasteiger partial charge in [0.05, 0.1) is 6.21 Å². The summed E-state index contributed by atoms with van der Waals surface area (Å²) in [5, 5.41) is 4.16. The number of nitrogens with zero attached hydrogens (tertiary/aromatic N) is 2. The summed E-state index contributed by atoms with van der Waals surface area (Å²) in [6.45, 7) is 10.3. The Kier molecular flexibility index (Phi) is 5.26. The highest BCUT2D eigenvalue weighted by molar-refractivity contribution is 5.96. The van der Waals surface area contributed by atoms with E-state index < -0.39 is 0 Å². The van der Waals surface area contributed by atoms with Crippen molar-refractivity contribution in [3.63, 3.8) is 0 Å². The van der Waals surface area contributed by atoms with Gasteiger partial charge in [-0.1, -0.05) is 24.3 Å². The maximum absolute atomic E-state index is 12.3. The van der Waals surface area contributed by atoms with Crippen LogP contribution in [0.15, 0.2) is 53.6 Å². The third-order valence-corrected chi connectivity index (χ3v) is 4.98. The third kappa shape index (κ3) is 3.85. The van der Waals surface area contributed by atoms with Crippen molar-refractivity contribution in [2.45, 2.75) is 34.6 Å². The highest BCUT2D eigenvalue weighted by Crippen LogP contribution is 2.21. The van der Waals surface area contributed by atoms with Gasteiger partial charge in [-0.25, -0.2) is 5.43 Å². The number of hydrogen-bond acceptors (Lipinski definition) is 2. The number of carbonyl (C=O) groups is 1. The molecule has 0 aliphatic rings. The van der Waals surface area contributed by atoms with E-state index in [2.05, 4.69) is 67.1 Å². The van der Waals surface area contributed by atoms with Gasteiger partial charge in [0, 0.05) is 28.2 Å². The number of nitrogens with one attached hydrogen (secondary N) is 1. The van der Waals surface area contributed by atoms with Crippen LogP contribution >= 0.6 is 0 Å². The van der Waals surface area contributed by atoms with Gasteiger partial charge in [-0.15, -0.1) is 0 Å². The van der Waals surface area contributed by atoms with Crippen molar-refractivity contribution in [1.29, 1.82) is 0 Å². The average Bonchev–Trinajstić information content (AvgIpc) is 2.91. The van der Waals surface area contributed by atoms with Crippen LogP contribution in [0.3, 0.4) is 0 Å². The molecule has 0 atom stereocenters. The van der Waals surface area contributed by atoms with Gasteiger partial charge in [0.15, 0.2) is 0 Å². The molecule has 3 rings (SSSR count). The van der Waals surface area contributed by atoms with E-state index in [0.717, 1.165) is 28.2 Å². The normalized spacial score (nSPS) is 11.1. The molecule has 1 amide bonds. The predicted molar refractivity (Wildman–Crippen MR) is 111 cm³/mol. The van der Waals surface area contributed by atoms with Gasteiger partial charge >= 0.3 is 0 Å². The third-order valence-electron chi connectivity index (χ3n) is 4.98. The lowest BCUT2D eigenvalue weighted by molar-refractivity contribution is 0.0954. The first-order chi connectivity index (χ1) is 12.9. The lowest BCUT2D eigenvalue weighted by atomic mass is 10.1. The van der Waals surface area contributed by atoms with E-state index in [0.29, 0.717) is 5.56 Å². The van der Waals surface area contributed by atoms with E-state index in [9.17, 15) is 4.79 Å². The van der Waals surface area contributed by atoms with Gasteiger partial charge in [0.2, 0.25) is 0 Å². The Balaban J connectivity index is 1.82. The summed E-state index contributed by atoms with van der Waals surface area (Å²) in [7, 11) is 0. The molecular weight excluding hydrogens is 334 g/mol. The molecule has 0 aliphatic heterocycles. The number of aromatic nitrogens is 1. The average molecular weight is 359 g/mol. The summed E-state index contributed by atoms with van der Waals surface area (Å²) < 4.78 is 2.21. The second-order valence-electron chi connectivity index (χ2n) is 6.94. The molecule has 1 N–H and O–H groups in total. The minimum Gasteiger partial charge on any atom is -0.318 e. The van der Waals surface area contributed by atoms with Crippen molar-refractivity contribution in [3.8, 4) is 5.69 Å². The Hall–Kier alpha value is -3.14. The first-order valence-electron chi connectivity index (χ1n) is 9.04. The molecule has 0 spiro atoms. The summed E-state index contributed by atoms with van der Waals surface area (Å²) in [5.74, 6) is -0.202. The minimum atomic E-state index is -0.202. The van der Waals surface area contributed by atoms with Crippen molar-refractivity contribution >= 4 is 12.1 Å². The van der Waals surface area contributed by atoms with Gasteiger partial charge < -0.3 is 4.57 Å². The fourth-order valence-electron chi connectivity index (χ4n) is 3.23. The minimum absolute atomic E-state index is 0.202. The number of hydrazone groups is 1. The fraction of sp³-hybridized carbons (Fsp3) is 0.217. The van der Waals surface area contributed by atoms with Gasteiger partial charge in [0.25, 0.3) is 5.91 Å². The van der Waals surface area contributed by atoms with Crippen molar-refractivity contribution in [1.82, 2.24) is 9.99 Å². The molecular formula is C23H25N3O. The van der Waals surface area contributed by atoms with Crippen LogP contribution < -0.4 is 5.43 Å². The van der Waals surface area contributed by atoms with Crippen LogP contribution in [0.2, 0.25) is 0 Å². The summed E-state index contributed by atoms with van der Waals surface area (Å²) >= 11 is 0. The monoisotopic (exact) mass is 359 g/mol. The zero-order chi connectivity index (χ0) is 19.6. The molecule has 1 heterocycles. The maximum atomic E-state index is 12.3. The van der Waals surface area contributed by atoms with Crippen LogP contribution in [0.4, 0.5) is 0 Å². The Morgan fingerprint density at radius 1 is 0.926 bits per heavy atom. The molecule has 2 aromatic carbocycles. The summed E-state index contributed by atoms with van der Waals surface area (Å²) in [5.41, 5.74) is 11.1. The van der Waals surface area contributed by atoms with Gasteiger partial charge in [-0.3, -0.25) is 4.79 Å². The van der Waals surface area contributed by atoms with Crippen LogP contribution in [0, 0.1) is 34.6 Å². The van der Waals surface area contributed by atoms with E-state index in [1.54, 1.807) is 12.3 Å². The smallest absolute Gasteiger partial charge is 0.271 e. The number of carbonyl (C=O) groups excluding carboxylic acids is 1. The fourth-order valence-corrected chi connectivity index (χ4v) is 3.23. The molecule has 3 aromatic rings. The van der Waals surface area contributed by atoms with Crippen LogP contribution in [0.1, 0.15) is 44.0 Å². The molecule has 4 heteroatoms. The largest absolute Gasteiger partial charge is 0.318 e. The Bertz CT molecular complexity index is 1030. The Morgan fingerprint density at radius 3 is 2.37 bits per heavy atom. The van der Waals surface area contributed by atoms with Crippen molar-refractivity contribution < 1.29 is 4.79 Å². The van der Waals surface area contributed by atoms with E-state index >= 15 is 0 Å². The van der Waals surface area contributed by atoms with E-state index in [1.807, 2.05) is 25.1 Å². The highest BCUT2D eigenvalue weighted by atomic mass is 16.2. The second-order valence-corrected chi connectivity index (χ2v) is 6.94. The first-order valence-corrected chi connectivity index (χ1v) is 9.04. The number of rotatable bonds is 4. The van der Waals surface area contributed by atoms with Crippen molar-refractivity contribution in [2.75, 3.05) is 0 Å². The van der Waals surface area contributed by atoms with E-state index in [4.69, 9.17) is 0 Å². The number of amides is 1. The molecule has 0 saturated carbocycles. The second kappa shape index (κ2) is 7.62. The van der Waals surface area contributed by atoms with Crippen molar-refractivity contribution in [2.24, 2.45) is 5.10 Å². The van der Waals surface area contributed by atoms with E-state index in [1.165, 1.54) is 11.1 Å². The molecule has 0 saturated heterocycles. The molecule has 138 valence electrons. The van der Waals surface area contributed by atoms with Crippen molar-refractivity contribution in [3.05, 3.63) is 87.7 Å². The summed E-state index contributed by atoms with van der Waals surface area (Å²) in [6.07, 6.45) is 1.70. The van der Waals surface area contributed by atoms with Crippen LogP contribution in [0.5, 0.6) is 0 Å². The Labute approximate surface area is 160 Å². The van der Waals surface area contributed by atoms with Gasteiger partial charge in [-0.05, 0) is 75.6 Å². The molecule has 0 radical (unpaired) electrons. The van der Waals surface area contributed by atoms with Crippen LogP contribution in [-0.2, 0) is 0 Å². The topological polar surface area (TPSA) is 46.4 Å². The number of benzene rings is 2. The molecule has 0 bridgehead atoms. The van der Waals surface area contributed by atoms with Gasteiger partial charge in [-0.2, -0.15) is 5.10 Å². The predicted octanol–water partition coefficient (Wildman–Crippen LogP) is 4.78. The standard InChI is InChI=1S/C23H25N3O/c1-15-10-11-21(12-17(15)3)26-18(4)13-20(19(26)5)14-24-25-23(27)22-9-7-6-8-16(22)2/h6-14H,1-5H3,(H,25,27)/b24-14-. The molecule has 0 unspecified atom stereocenters.